The molecule has 2 aromatic heterocycles. The van der Waals surface area contributed by atoms with Crippen molar-refractivity contribution in [1.82, 2.24) is 35.4 Å². The van der Waals surface area contributed by atoms with Crippen LogP contribution in [0.15, 0.2) is 48.5 Å². The van der Waals surface area contributed by atoms with Gasteiger partial charge in [0.05, 0.1) is 0 Å². The molecule has 0 saturated carbocycles. The van der Waals surface area contributed by atoms with E-state index in [1.165, 1.54) is 5.56 Å². The summed E-state index contributed by atoms with van der Waals surface area (Å²) in [4.78, 5) is 4.40. The molecule has 0 bridgehead atoms. The first-order chi connectivity index (χ1) is 12.7. The third-order valence-electron chi connectivity index (χ3n) is 4.23. The highest BCUT2D eigenvalue weighted by Gasteiger charge is 2.11. The number of tetrazole rings is 1. The number of aromatic amines is 2. The van der Waals surface area contributed by atoms with Crippen molar-refractivity contribution in [3.05, 3.63) is 64.7 Å². The molecular formula is C18H17N7S. The maximum absolute atomic E-state index is 5.13. The number of aromatic nitrogens is 7. The van der Waals surface area contributed by atoms with Gasteiger partial charge in [-0.3, -0.25) is 9.78 Å². The normalized spacial score (nSPS) is 11.0. The van der Waals surface area contributed by atoms with Crippen LogP contribution in [-0.2, 0) is 13.0 Å². The van der Waals surface area contributed by atoms with E-state index in [4.69, 9.17) is 12.2 Å². The van der Waals surface area contributed by atoms with Crippen molar-refractivity contribution in [2.24, 2.45) is 0 Å². The number of nitrogens with one attached hydrogen (secondary N) is 2. The van der Waals surface area contributed by atoms with Crippen LogP contribution in [0.3, 0.4) is 0 Å². The van der Waals surface area contributed by atoms with Gasteiger partial charge in [-0.2, -0.15) is 5.21 Å². The summed E-state index contributed by atoms with van der Waals surface area (Å²) in [6.07, 6.45) is 0.730. The SMILES string of the molecule is CCn1[nH]c(=S)nc1Cc1ccc(-c2ccccc2-c2nn[nH]n2)cc1. The first kappa shape index (κ1) is 16.3. The average Bonchev–Trinajstić information content (AvgIpc) is 3.32. The Labute approximate surface area is 155 Å². The molecule has 0 aliphatic carbocycles. The molecule has 0 aliphatic rings. The predicted octanol–water partition coefficient (Wildman–Crippen LogP) is 3.40. The van der Waals surface area contributed by atoms with Crippen LogP contribution < -0.4 is 0 Å². The second-order valence-electron chi connectivity index (χ2n) is 5.84. The van der Waals surface area contributed by atoms with Crippen molar-refractivity contribution in [2.45, 2.75) is 19.9 Å². The van der Waals surface area contributed by atoms with Crippen LogP contribution in [0.4, 0.5) is 0 Å². The molecule has 7 nitrogen and oxygen atoms in total. The lowest BCUT2D eigenvalue weighted by molar-refractivity contribution is 0.623. The lowest BCUT2D eigenvalue weighted by atomic mass is 9.98. The molecule has 4 rings (SSSR count). The van der Waals surface area contributed by atoms with Crippen molar-refractivity contribution in [2.75, 3.05) is 0 Å². The van der Waals surface area contributed by atoms with Gasteiger partial charge >= 0.3 is 0 Å². The highest BCUT2D eigenvalue weighted by Crippen LogP contribution is 2.29. The Kier molecular flexibility index (Phi) is 4.40. The van der Waals surface area contributed by atoms with E-state index in [0.717, 1.165) is 35.5 Å². The summed E-state index contributed by atoms with van der Waals surface area (Å²) >= 11 is 5.13. The van der Waals surface area contributed by atoms with Gasteiger partial charge in [0.15, 0.2) is 0 Å². The fourth-order valence-corrected chi connectivity index (χ4v) is 3.19. The molecule has 130 valence electrons. The Bertz CT molecular complexity index is 1060. The van der Waals surface area contributed by atoms with Gasteiger partial charge in [0.2, 0.25) is 10.6 Å². The fourth-order valence-electron chi connectivity index (χ4n) is 2.97. The number of hydrogen-bond acceptors (Lipinski definition) is 5. The number of rotatable bonds is 5. The second kappa shape index (κ2) is 7.01. The van der Waals surface area contributed by atoms with E-state index in [0.29, 0.717) is 10.6 Å². The Hall–Kier alpha value is -3.13. The van der Waals surface area contributed by atoms with Gasteiger partial charge in [-0.25, -0.2) is 4.98 Å². The van der Waals surface area contributed by atoms with Gasteiger partial charge in [0, 0.05) is 18.5 Å². The van der Waals surface area contributed by atoms with Crippen LogP contribution >= 0.6 is 12.2 Å². The molecule has 2 N–H and O–H groups in total. The van der Waals surface area contributed by atoms with Crippen molar-refractivity contribution in [1.29, 1.82) is 0 Å². The summed E-state index contributed by atoms with van der Waals surface area (Å²) in [5.74, 6) is 1.53. The third kappa shape index (κ3) is 3.18. The monoisotopic (exact) mass is 363 g/mol. The molecule has 0 amide bonds. The molecule has 0 aliphatic heterocycles. The van der Waals surface area contributed by atoms with E-state index in [2.05, 4.69) is 68.0 Å². The summed E-state index contributed by atoms with van der Waals surface area (Å²) in [5, 5.41) is 17.4. The summed E-state index contributed by atoms with van der Waals surface area (Å²) in [6, 6.07) is 16.5. The highest BCUT2D eigenvalue weighted by atomic mass is 32.1. The largest absolute Gasteiger partial charge is 0.272 e. The van der Waals surface area contributed by atoms with Gasteiger partial charge in [-0.15, -0.1) is 10.2 Å². The molecule has 26 heavy (non-hydrogen) atoms. The van der Waals surface area contributed by atoms with Crippen LogP contribution in [-0.4, -0.2) is 35.4 Å². The van der Waals surface area contributed by atoms with Crippen LogP contribution in [0.1, 0.15) is 18.3 Å². The van der Waals surface area contributed by atoms with Crippen molar-refractivity contribution < 1.29 is 0 Å². The van der Waals surface area contributed by atoms with E-state index in [1.54, 1.807) is 0 Å². The minimum absolute atomic E-state index is 0.521. The summed E-state index contributed by atoms with van der Waals surface area (Å²) in [7, 11) is 0. The number of hydrogen-bond donors (Lipinski definition) is 2. The van der Waals surface area contributed by atoms with E-state index in [-0.39, 0.29) is 0 Å². The van der Waals surface area contributed by atoms with E-state index < -0.39 is 0 Å². The molecule has 0 fully saturated rings. The molecule has 0 spiro atoms. The van der Waals surface area contributed by atoms with Gasteiger partial charge in [-0.1, -0.05) is 48.5 Å². The quantitative estimate of drug-likeness (QED) is 0.531. The Morgan fingerprint density at radius 1 is 1.04 bits per heavy atom. The van der Waals surface area contributed by atoms with Crippen molar-refractivity contribution in [3.63, 3.8) is 0 Å². The third-order valence-corrected chi connectivity index (χ3v) is 4.41. The van der Waals surface area contributed by atoms with Crippen LogP contribution in [0.5, 0.6) is 0 Å². The summed E-state index contributed by atoms with van der Waals surface area (Å²) in [5.41, 5.74) is 4.29. The number of H-pyrrole nitrogens is 2. The zero-order valence-electron chi connectivity index (χ0n) is 14.2. The first-order valence-corrected chi connectivity index (χ1v) is 8.73. The van der Waals surface area contributed by atoms with Crippen LogP contribution in [0, 0.1) is 4.77 Å². The average molecular weight is 363 g/mol. The second-order valence-corrected chi connectivity index (χ2v) is 6.23. The molecule has 0 unspecified atom stereocenters. The van der Waals surface area contributed by atoms with Crippen LogP contribution in [0.2, 0.25) is 0 Å². The molecule has 2 heterocycles. The standard InChI is InChI=1S/C18H17N7S/c1-2-25-16(19-18(26)22-25)11-12-7-9-13(10-8-12)14-5-3-4-6-15(14)17-20-23-24-21-17/h3-10H,2,11H2,1H3,(H,22,26)(H,20,21,23,24). The van der Waals surface area contributed by atoms with E-state index in [1.807, 2.05) is 22.9 Å². The minimum Gasteiger partial charge on any atom is -0.272 e. The number of nitrogens with zero attached hydrogens (tertiary/aromatic N) is 5. The fraction of sp³-hybridized carbons (Fsp3) is 0.167. The summed E-state index contributed by atoms with van der Waals surface area (Å²) in [6.45, 7) is 2.88. The van der Waals surface area contributed by atoms with Gasteiger partial charge in [-0.05, 0) is 41.0 Å². The Morgan fingerprint density at radius 2 is 1.81 bits per heavy atom. The molecule has 0 radical (unpaired) electrons. The van der Waals surface area contributed by atoms with Crippen molar-refractivity contribution >= 4 is 12.2 Å². The zero-order chi connectivity index (χ0) is 17.9. The Morgan fingerprint density at radius 3 is 2.50 bits per heavy atom. The minimum atomic E-state index is 0.521. The first-order valence-electron chi connectivity index (χ1n) is 8.32. The van der Waals surface area contributed by atoms with E-state index in [9.17, 15) is 0 Å². The van der Waals surface area contributed by atoms with Gasteiger partial charge in [0.1, 0.15) is 5.82 Å². The number of aryl methyl sites for hydroxylation is 1. The molecule has 4 aromatic rings. The number of benzene rings is 2. The lowest BCUT2D eigenvalue weighted by Crippen LogP contribution is -2.04. The van der Waals surface area contributed by atoms with Crippen molar-refractivity contribution in [3.8, 4) is 22.5 Å². The zero-order valence-corrected chi connectivity index (χ0v) is 15.0. The summed E-state index contributed by atoms with van der Waals surface area (Å²) < 4.78 is 2.49. The van der Waals surface area contributed by atoms with E-state index >= 15 is 0 Å². The topological polar surface area (TPSA) is 88.1 Å². The molecule has 0 saturated heterocycles. The molecule has 2 aromatic carbocycles. The predicted molar refractivity (Wildman–Crippen MR) is 101 cm³/mol. The molecular weight excluding hydrogens is 346 g/mol. The molecule has 0 atom stereocenters. The Balaban J connectivity index is 1.64. The maximum Gasteiger partial charge on any atom is 0.213 e. The van der Waals surface area contributed by atoms with Gasteiger partial charge < -0.3 is 0 Å². The van der Waals surface area contributed by atoms with Crippen LogP contribution in [0.25, 0.3) is 22.5 Å². The highest BCUT2D eigenvalue weighted by molar-refractivity contribution is 7.71. The maximum atomic E-state index is 5.13. The lowest BCUT2D eigenvalue weighted by Gasteiger charge is -2.08. The smallest absolute Gasteiger partial charge is 0.213 e. The molecule has 8 heteroatoms. The van der Waals surface area contributed by atoms with Gasteiger partial charge in [0.25, 0.3) is 0 Å².